The van der Waals surface area contributed by atoms with Gasteiger partial charge in [-0.15, -0.1) is 6.58 Å². The van der Waals surface area contributed by atoms with Crippen molar-refractivity contribution in [3.63, 3.8) is 0 Å². The van der Waals surface area contributed by atoms with Gasteiger partial charge in [0.25, 0.3) is 0 Å². The van der Waals surface area contributed by atoms with Crippen molar-refractivity contribution in [2.45, 2.75) is 39.3 Å². The van der Waals surface area contributed by atoms with Crippen LogP contribution < -0.4 is 10.1 Å². The van der Waals surface area contributed by atoms with Gasteiger partial charge < -0.3 is 10.1 Å². The van der Waals surface area contributed by atoms with E-state index < -0.39 is 0 Å². The first-order valence-electron chi connectivity index (χ1n) is 6.39. The van der Waals surface area contributed by atoms with Gasteiger partial charge in [-0.25, -0.2) is 4.39 Å². The number of rotatable bonds is 8. The van der Waals surface area contributed by atoms with Gasteiger partial charge in [0.15, 0.2) is 0 Å². The van der Waals surface area contributed by atoms with Crippen LogP contribution in [0.15, 0.2) is 30.9 Å². The molecule has 0 fully saturated rings. The SMILES string of the molecule is C=CCCCOc1ccc(F)cc1CNC(C)C. The molecule has 0 bridgehead atoms. The van der Waals surface area contributed by atoms with E-state index in [0.29, 0.717) is 19.2 Å². The van der Waals surface area contributed by atoms with Crippen LogP contribution in [0.1, 0.15) is 32.3 Å². The molecule has 100 valence electrons. The third kappa shape index (κ3) is 5.32. The summed E-state index contributed by atoms with van der Waals surface area (Å²) in [5, 5.41) is 3.27. The normalized spacial score (nSPS) is 10.7. The predicted octanol–water partition coefficient (Wildman–Crippen LogP) is 3.67. The summed E-state index contributed by atoms with van der Waals surface area (Å²) in [7, 11) is 0. The van der Waals surface area contributed by atoms with Gasteiger partial charge in [0.1, 0.15) is 11.6 Å². The van der Waals surface area contributed by atoms with Crippen LogP contribution in [0, 0.1) is 5.82 Å². The van der Waals surface area contributed by atoms with Crippen molar-refractivity contribution in [3.05, 3.63) is 42.2 Å². The second-order valence-electron chi connectivity index (χ2n) is 4.57. The molecule has 0 amide bonds. The van der Waals surface area contributed by atoms with E-state index in [9.17, 15) is 4.39 Å². The molecule has 0 saturated carbocycles. The summed E-state index contributed by atoms with van der Waals surface area (Å²) in [6, 6.07) is 5.02. The Labute approximate surface area is 109 Å². The summed E-state index contributed by atoms with van der Waals surface area (Å²) < 4.78 is 18.9. The van der Waals surface area contributed by atoms with Crippen molar-refractivity contribution < 1.29 is 9.13 Å². The standard InChI is InChI=1S/C15H22FNO/c1-4-5-6-9-18-15-8-7-14(16)10-13(15)11-17-12(2)3/h4,7-8,10,12,17H,1,5-6,9,11H2,2-3H3. The third-order valence-electron chi connectivity index (χ3n) is 2.53. The Balaban J connectivity index is 2.60. The van der Waals surface area contributed by atoms with Crippen LogP contribution in [0.2, 0.25) is 0 Å². The molecule has 0 atom stereocenters. The van der Waals surface area contributed by atoms with Crippen LogP contribution in [0.25, 0.3) is 0 Å². The van der Waals surface area contributed by atoms with Gasteiger partial charge in [-0.3, -0.25) is 0 Å². The smallest absolute Gasteiger partial charge is 0.123 e. The number of benzene rings is 1. The van der Waals surface area contributed by atoms with Crippen molar-refractivity contribution >= 4 is 0 Å². The fourth-order valence-corrected chi connectivity index (χ4v) is 1.55. The van der Waals surface area contributed by atoms with Gasteiger partial charge in [0.05, 0.1) is 6.61 Å². The van der Waals surface area contributed by atoms with Gasteiger partial charge in [0.2, 0.25) is 0 Å². The second kappa shape index (κ2) is 7.88. The molecule has 3 heteroatoms. The highest BCUT2D eigenvalue weighted by Gasteiger charge is 2.06. The summed E-state index contributed by atoms with van der Waals surface area (Å²) in [5.74, 6) is 0.530. The topological polar surface area (TPSA) is 21.3 Å². The summed E-state index contributed by atoms with van der Waals surface area (Å²) >= 11 is 0. The number of halogens is 1. The molecule has 0 radical (unpaired) electrons. The zero-order chi connectivity index (χ0) is 13.4. The van der Waals surface area contributed by atoms with Crippen molar-refractivity contribution in [2.24, 2.45) is 0 Å². The number of nitrogens with one attached hydrogen (secondary N) is 1. The molecule has 2 nitrogen and oxygen atoms in total. The first-order valence-corrected chi connectivity index (χ1v) is 6.39. The Hall–Kier alpha value is -1.35. The van der Waals surface area contributed by atoms with Crippen LogP contribution in [-0.2, 0) is 6.54 Å². The van der Waals surface area contributed by atoms with Gasteiger partial charge in [-0.05, 0) is 31.0 Å². The fourth-order valence-electron chi connectivity index (χ4n) is 1.55. The quantitative estimate of drug-likeness (QED) is 0.562. The van der Waals surface area contributed by atoms with Crippen molar-refractivity contribution in [1.29, 1.82) is 0 Å². The molecule has 1 rings (SSSR count). The summed E-state index contributed by atoms with van der Waals surface area (Å²) in [6.45, 7) is 9.04. The Kier molecular flexibility index (Phi) is 6.44. The average molecular weight is 251 g/mol. The lowest BCUT2D eigenvalue weighted by Gasteiger charge is -2.13. The minimum atomic E-state index is -0.228. The number of unbranched alkanes of at least 4 members (excludes halogenated alkanes) is 1. The predicted molar refractivity (Wildman–Crippen MR) is 73.3 cm³/mol. The fraction of sp³-hybridized carbons (Fsp3) is 0.467. The van der Waals surface area contributed by atoms with Crippen LogP contribution in [0.4, 0.5) is 4.39 Å². The molecule has 1 aromatic carbocycles. The molecular weight excluding hydrogens is 229 g/mol. The van der Waals surface area contributed by atoms with Gasteiger partial charge in [-0.2, -0.15) is 0 Å². The molecule has 0 aliphatic carbocycles. The van der Waals surface area contributed by atoms with E-state index in [0.717, 1.165) is 24.2 Å². The Morgan fingerprint density at radius 1 is 1.44 bits per heavy atom. The van der Waals surface area contributed by atoms with Crippen LogP contribution in [0.5, 0.6) is 5.75 Å². The Bertz CT molecular complexity index is 377. The number of allylic oxidation sites excluding steroid dienone is 1. The summed E-state index contributed by atoms with van der Waals surface area (Å²) in [6.07, 6.45) is 3.73. The maximum Gasteiger partial charge on any atom is 0.123 e. The Morgan fingerprint density at radius 3 is 2.89 bits per heavy atom. The van der Waals surface area contributed by atoms with Gasteiger partial charge >= 0.3 is 0 Å². The molecule has 0 saturated heterocycles. The first-order chi connectivity index (χ1) is 8.63. The number of hydrogen-bond acceptors (Lipinski definition) is 2. The lowest BCUT2D eigenvalue weighted by atomic mass is 10.2. The minimum Gasteiger partial charge on any atom is -0.493 e. The van der Waals surface area contributed by atoms with E-state index in [1.165, 1.54) is 12.1 Å². The first kappa shape index (κ1) is 14.7. The van der Waals surface area contributed by atoms with Crippen molar-refractivity contribution in [2.75, 3.05) is 6.61 Å². The molecule has 1 aromatic rings. The highest BCUT2D eigenvalue weighted by atomic mass is 19.1. The van der Waals surface area contributed by atoms with Crippen molar-refractivity contribution in [1.82, 2.24) is 5.32 Å². The molecular formula is C15H22FNO. The summed E-state index contributed by atoms with van der Waals surface area (Å²) in [5.41, 5.74) is 0.863. The third-order valence-corrected chi connectivity index (χ3v) is 2.53. The maximum absolute atomic E-state index is 13.2. The van der Waals surface area contributed by atoms with Gasteiger partial charge in [0, 0.05) is 18.2 Å². The van der Waals surface area contributed by atoms with Gasteiger partial charge in [-0.1, -0.05) is 19.9 Å². The monoisotopic (exact) mass is 251 g/mol. The highest BCUT2D eigenvalue weighted by Crippen LogP contribution is 2.20. The lowest BCUT2D eigenvalue weighted by molar-refractivity contribution is 0.307. The molecule has 0 aliphatic rings. The molecule has 18 heavy (non-hydrogen) atoms. The molecule has 0 spiro atoms. The van der Waals surface area contributed by atoms with E-state index in [2.05, 4.69) is 25.7 Å². The van der Waals surface area contributed by atoms with Crippen LogP contribution in [-0.4, -0.2) is 12.6 Å². The van der Waals surface area contributed by atoms with E-state index >= 15 is 0 Å². The highest BCUT2D eigenvalue weighted by molar-refractivity contribution is 5.34. The Morgan fingerprint density at radius 2 is 2.22 bits per heavy atom. The van der Waals surface area contributed by atoms with E-state index in [-0.39, 0.29) is 5.82 Å². The average Bonchev–Trinajstić information content (AvgIpc) is 2.34. The number of hydrogen-bond donors (Lipinski definition) is 1. The zero-order valence-electron chi connectivity index (χ0n) is 11.2. The maximum atomic E-state index is 13.2. The van der Waals surface area contributed by atoms with Crippen LogP contribution >= 0.6 is 0 Å². The van der Waals surface area contributed by atoms with Crippen molar-refractivity contribution in [3.8, 4) is 5.75 Å². The van der Waals surface area contributed by atoms with E-state index in [4.69, 9.17) is 4.74 Å². The largest absolute Gasteiger partial charge is 0.493 e. The van der Waals surface area contributed by atoms with E-state index in [1.54, 1.807) is 6.07 Å². The molecule has 0 aliphatic heterocycles. The lowest BCUT2D eigenvalue weighted by Crippen LogP contribution is -2.22. The molecule has 0 aromatic heterocycles. The van der Waals surface area contributed by atoms with E-state index in [1.807, 2.05) is 6.08 Å². The molecule has 0 unspecified atom stereocenters. The minimum absolute atomic E-state index is 0.228. The number of ether oxygens (including phenoxy) is 1. The zero-order valence-corrected chi connectivity index (χ0v) is 11.2. The molecule has 1 N–H and O–H groups in total. The van der Waals surface area contributed by atoms with Crippen LogP contribution in [0.3, 0.4) is 0 Å². The summed E-state index contributed by atoms with van der Waals surface area (Å²) in [4.78, 5) is 0. The second-order valence-corrected chi connectivity index (χ2v) is 4.57. The molecule has 0 heterocycles.